The predicted molar refractivity (Wildman–Crippen MR) is 84.2 cm³/mol. The van der Waals surface area contributed by atoms with Crippen molar-refractivity contribution in [2.75, 3.05) is 18.0 Å². The van der Waals surface area contributed by atoms with Crippen molar-refractivity contribution < 1.29 is 14.6 Å². The highest BCUT2D eigenvalue weighted by atomic mass is 16.5. The number of ether oxygens (including phenoxy) is 1. The average Bonchev–Trinajstić information content (AvgIpc) is 3.05. The fourth-order valence-electron chi connectivity index (χ4n) is 3.41. The lowest BCUT2D eigenvalue weighted by Crippen LogP contribution is -2.22. The van der Waals surface area contributed by atoms with Crippen molar-refractivity contribution in [3.63, 3.8) is 0 Å². The van der Waals surface area contributed by atoms with E-state index in [-0.39, 0.29) is 0 Å². The third kappa shape index (κ3) is 2.03. The summed E-state index contributed by atoms with van der Waals surface area (Å²) in [6.45, 7) is 1.85. The van der Waals surface area contributed by atoms with Gasteiger partial charge in [0.2, 0.25) is 0 Å². The van der Waals surface area contributed by atoms with E-state index in [0.29, 0.717) is 17.7 Å². The van der Waals surface area contributed by atoms with Gasteiger partial charge in [-0.05, 0) is 36.6 Å². The van der Waals surface area contributed by atoms with Gasteiger partial charge < -0.3 is 14.7 Å². The number of rotatable bonds is 2. The lowest BCUT2D eigenvalue weighted by atomic mass is 9.94. The fraction of sp³-hybridized carbons (Fsp3) is 0.278. The number of hydrogen-bond donors (Lipinski definition) is 1. The number of anilines is 1. The van der Waals surface area contributed by atoms with Crippen LogP contribution in [-0.2, 0) is 6.42 Å². The van der Waals surface area contributed by atoms with Gasteiger partial charge in [-0.25, -0.2) is 4.79 Å². The zero-order valence-electron chi connectivity index (χ0n) is 12.2. The van der Waals surface area contributed by atoms with E-state index in [2.05, 4.69) is 4.90 Å². The van der Waals surface area contributed by atoms with Gasteiger partial charge in [0.15, 0.2) is 0 Å². The van der Waals surface area contributed by atoms with Crippen LogP contribution in [0.3, 0.4) is 0 Å². The first-order valence-electron chi connectivity index (χ1n) is 7.64. The Morgan fingerprint density at radius 3 is 2.59 bits per heavy atom. The molecule has 1 saturated heterocycles. The van der Waals surface area contributed by atoms with Crippen LogP contribution in [-0.4, -0.2) is 24.2 Å². The molecule has 2 aromatic rings. The first-order valence-corrected chi connectivity index (χ1v) is 7.64. The topological polar surface area (TPSA) is 49.8 Å². The van der Waals surface area contributed by atoms with Crippen molar-refractivity contribution in [1.82, 2.24) is 0 Å². The SMILES string of the molecule is O=C(O)c1c(N2CCCC2)ccc2c1Cc1ccccc1O2. The first kappa shape index (κ1) is 13.2. The molecule has 112 valence electrons. The monoisotopic (exact) mass is 295 g/mol. The van der Waals surface area contributed by atoms with Crippen LogP contribution in [0, 0.1) is 0 Å². The lowest BCUT2D eigenvalue weighted by molar-refractivity contribution is 0.0696. The van der Waals surface area contributed by atoms with Gasteiger partial charge in [0, 0.05) is 25.1 Å². The Morgan fingerprint density at radius 2 is 1.82 bits per heavy atom. The van der Waals surface area contributed by atoms with E-state index in [9.17, 15) is 9.90 Å². The normalized spacial score (nSPS) is 15.9. The molecule has 0 amide bonds. The maximum absolute atomic E-state index is 11.9. The number of carboxylic acids is 1. The highest BCUT2D eigenvalue weighted by Gasteiger charge is 2.28. The molecule has 0 bridgehead atoms. The van der Waals surface area contributed by atoms with Crippen molar-refractivity contribution in [2.24, 2.45) is 0 Å². The summed E-state index contributed by atoms with van der Waals surface area (Å²) in [5, 5.41) is 9.75. The minimum absolute atomic E-state index is 0.397. The van der Waals surface area contributed by atoms with Crippen LogP contribution >= 0.6 is 0 Å². The quantitative estimate of drug-likeness (QED) is 0.783. The number of hydrogen-bond acceptors (Lipinski definition) is 3. The van der Waals surface area contributed by atoms with Gasteiger partial charge in [-0.2, -0.15) is 0 Å². The van der Waals surface area contributed by atoms with Gasteiger partial charge >= 0.3 is 5.97 Å². The Balaban J connectivity index is 1.84. The number of carboxylic acid groups (broad SMARTS) is 1. The molecule has 1 fully saturated rings. The summed E-state index contributed by atoms with van der Waals surface area (Å²) in [6.07, 6.45) is 2.85. The Bertz CT molecular complexity index is 748. The van der Waals surface area contributed by atoms with E-state index in [0.717, 1.165) is 48.5 Å². The molecule has 0 aliphatic carbocycles. The van der Waals surface area contributed by atoms with Crippen LogP contribution in [0.25, 0.3) is 0 Å². The minimum Gasteiger partial charge on any atom is -0.478 e. The Labute approximate surface area is 128 Å². The molecule has 1 N–H and O–H groups in total. The average molecular weight is 295 g/mol. The summed E-state index contributed by atoms with van der Waals surface area (Å²) < 4.78 is 5.90. The smallest absolute Gasteiger partial charge is 0.338 e. The van der Waals surface area contributed by atoms with Gasteiger partial charge in [-0.15, -0.1) is 0 Å². The van der Waals surface area contributed by atoms with Gasteiger partial charge in [0.1, 0.15) is 11.5 Å². The summed E-state index contributed by atoms with van der Waals surface area (Å²) in [7, 11) is 0. The largest absolute Gasteiger partial charge is 0.478 e. The number of benzene rings is 2. The molecule has 0 radical (unpaired) electrons. The molecule has 2 aliphatic heterocycles. The summed E-state index contributed by atoms with van der Waals surface area (Å²) in [5.41, 5.74) is 3.05. The van der Waals surface area contributed by atoms with Crippen molar-refractivity contribution in [1.29, 1.82) is 0 Å². The molecule has 0 unspecified atom stereocenters. The van der Waals surface area contributed by atoms with Crippen LogP contribution in [0.4, 0.5) is 5.69 Å². The molecular weight excluding hydrogens is 278 g/mol. The molecule has 2 aromatic carbocycles. The summed E-state index contributed by atoms with van der Waals surface area (Å²) in [5.74, 6) is 0.612. The summed E-state index contributed by atoms with van der Waals surface area (Å²) in [6, 6.07) is 11.6. The second-order valence-electron chi connectivity index (χ2n) is 5.82. The Hall–Kier alpha value is -2.49. The van der Waals surface area contributed by atoms with Gasteiger partial charge in [0.05, 0.1) is 11.3 Å². The molecule has 2 heterocycles. The highest BCUT2D eigenvalue weighted by Crippen LogP contribution is 2.41. The van der Waals surface area contributed by atoms with Crippen LogP contribution in [0.1, 0.15) is 34.3 Å². The zero-order chi connectivity index (χ0) is 15.1. The number of para-hydroxylation sites is 1. The van der Waals surface area contributed by atoms with Crippen LogP contribution in [0.15, 0.2) is 36.4 Å². The lowest BCUT2D eigenvalue weighted by Gasteiger charge is -2.26. The molecule has 0 spiro atoms. The van der Waals surface area contributed by atoms with E-state index in [1.54, 1.807) is 0 Å². The van der Waals surface area contributed by atoms with Gasteiger partial charge in [-0.3, -0.25) is 0 Å². The van der Waals surface area contributed by atoms with Gasteiger partial charge in [-0.1, -0.05) is 18.2 Å². The van der Waals surface area contributed by atoms with E-state index < -0.39 is 5.97 Å². The van der Waals surface area contributed by atoms with E-state index in [1.165, 1.54) is 0 Å². The summed E-state index contributed by atoms with van der Waals surface area (Å²) in [4.78, 5) is 14.1. The number of aromatic carboxylic acids is 1. The molecular formula is C18H17NO3. The van der Waals surface area contributed by atoms with E-state index in [4.69, 9.17) is 4.74 Å². The molecule has 22 heavy (non-hydrogen) atoms. The van der Waals surface area contributed by atoms with E-state index in [1.807, 2.05) is 36.4 Å². The van der Waals surface area contributed by atoms with Gasteiger partial charge in [0.25, 0.3) is 0 Å². The third-order valence-electron chi connectivity index (χ3n) is 4.47. The van der Waals surface area contributed by atoms with Crippen LogP contribution in [0.2, 0.25) is 0 Å². The third-order valence-corrected chi connectivity index (χ3v) is 4.47. The first-order chi connectivity index (χ1) is 10.7. The van der Waals surface area contributed by atoms with Crippen LogP contribution in [0.5, 0.6) is 11.5 Å². The van der Waals surface area contributed by atoms with E-state index >= 15 is 0 Å². The molecule has 2 aliphatic rings. The van der Waals surface area contributed by atoms with Crippen molar-refractivity contribution in [3.05, 3.63) is 53.1 Å². The Kier molecular flexibility index (Phi) is 3.03. The molecule has 0 aromatic heterocycles. The van der Waals surface area contributed by atoms with Crippen molar-refractivity contribution in [3.8, 4) is 11.5 Å². The molecule has 4 rings (SSSR count). The van der Waals surface area contributed by atoms with Crippen LogP contribution < -0.4 is 9.64 Å². The highest BCUT2D eigenvalue weighted by molar-refractivity contribution is 5.97. The Morgan fingerprint density at radius 1 is 1.05 bits per heavy atom. The van der Waals surface area contributed by atoms with Crippen molar-refractivity contribution >= 4 is 11.7 Å². The van der Waals surface area contributed by atoms with Crippen molar-refractivity contribution in [2.45, 2.75) is 19.3 Å². The molecule has 0 saturated carbocycles. The number of fused-ring (bicyclic) bond motifs is 2. The maximum Gasteiger partial charge on any atom is 0.338 e. The number of nitrogens with zero attached hydrogens (tertiary/aromatic N) is 1. The predicted octanol–water partition coefficient (Wildman–Crippen LogP) is 3.68. The second-order valence-corrected chi connectivity index (χ2v) is 5.82. The standard InChI is InChI=1S/C18H17NO3/c20-18(21)17-13-11-12-5-1-2-6-15(12)22-16(13)8-7-14(17)19-9-3-4-10-19/h1-2,5-8H,3-4,9-11H2,(H,20,21). The molecule has 4 nitrogen and oxygen atoms in total. The summed E-state index contributed by atoms with van der Waals surface area (Å²) >= 11 is 0. The maximum atomic E-state index is 11.9. The number of carbonyl (C=O) groups is 1. The fourth-order valence-corrected chi connectivity index (χ4v) is 3.41. The minimum atomic E-state index is -0.873. The molecule has 4 heteroatoms. The zero-order valence-corrected chi connectivity index (χ0v) is 12.2. The second kappa shape index (κ2) is 5.05. The molecule has 0 atom stereocenters.